The maximum Gasteiger partial charge on any atom is 0.0667 e. The number of hydrogen-bond acceptors (Lipinski definition) is 3. The zero-order valence-electron chi connectivity index (χ0n) is 9.84. The van der Waals surface area contributed by atoms with Crippen LogP contribution in [0.4, 0.5) is 0 Å². The number of likely N-dealkylation sites (tertiary alicyclic amines) is 1. The highest BCUT2D eigenvalue weighted by molar-refractivity contribution is 5.09. The van der Waals surface area contributed by atoms with Gasteiger partial charge in [0, 0.05) is 25.0 Å². The fraction of sp³-hybridized carbons (Fsp3) is 0.615. The highest BCUT2D eigenvalue weighted by Crippen LogP contribution is 2.21. The minimum absolute atomic E-state index is 0.234. The molecule has 88 valence electrons. The van der Waals surface area contributed by atoms with E-state index in [-0.39, 0.29) is 6.10 Å². The van der Waals surface area contributed by atoms with Crippen LogP contribution in [0.15, 0.2) is 24.5 Å². The second kappa shape index (κ2) is 5.41. The van der Waals surface area contributed by atoms with Gasteiger partial charge in [0.1, 0.15) is 0 Å². The maximum absolute atomic E-state index is 9.77. The average Bonchev–Trinajstić information content (AvgIpc) is 2.31. The summed E-state index contributed by atoms with van der Waals surface area (Å²) >= 11 is 0. The lowest BCUT2D eigenvalue weighted by molar-refractivity contribution is 0.0316. The van der Waals surface area contributed by atoms with Crippen LogP contribution in [-0.4, -0.2) is 33.7 Å². The lowest BCUT2D eigenvalue weighted by Crippen LogP contribution is -2.45. The molecule has 0 amide bonds. The summed E-state index contributed by atoms with van der Waals surface area (Å²) in [5.41, 5.74) is 1.28. The average molecular weight is 220 g/mol. The zero-order valence-corrected chi connectivity index (χ0v) is 9.84. The molecule has 3 nitrogen and oxygen atoms in total. The van der Waals surface area contributed by atoms with Crippen molar-refractivity contribution in [3.63, 3.8) is 0 Å². The van der Waals surface area contributed by atoms with Crippen molar-refractivity contribution >= 4 is 0 Å². The van der Waals surface area contributed by atoms with E-state index in [1.807, 2.05) is 31.5 Å². The van der Waals surface area contributed by atoms with E-state index in [0.717, 1.165) is 19.5 Å². The van der Waals surface area contributed by atoms with Crippen LogP contribution in [0.3, 0.4) is 0 Å². The Kier molecular flexibility index (Phi) is 3.91. The molecule has 2 heterocycles. The first-order valence-corrected chi connectivity index (χ1v) is 6.08. The Bertz CT molecular complexity index is 313. The van der Waals surface area contributed by atoms with Gasteiger partial charge in [0.25, 0.3) is 0 Å². The minimum Gasteiger partial charge on any atom is -0.392 e. The minimum atomic E-state index is -0.234. The van der Waals surface area contributed by atoms with E-state index in [2.05, 4.69) is 9.88 Å². The smallest absolute Gasteiger partial charge is 0.0667 e. The van der Waals surface area contributed by atoms with Crippen LogP contribution in [-0.2, 0) is 6.54 Å². The van der Waals surface area contributed by atoms with Crippen molar-refractivity contribution in [2.45, 2.75) is 44.9 Å². The predicted octanol–water partition coefficient (Wildman–Crippen LogP) is 1.82. The van der Waals surface area contributed by atoms with Crippen LogP contribution in [0.5, 0.6) is 0 Å². The molecule has 1 saturated heterocycles. The third-order valence-corrected chi connectivity index (χ3v) is 3.36. The second-order valence-corrected chi connectivity index (χ2v) is 4.63. The maximum atomic E-state index is 9.77. The van der Waals surface area contributed by atoms with Gasteiger partial charge in [-0.05, 0) is 44.0 Å². The monoisotopic (exact) mass is 220 g/mol. The Balaban J connectivity index is 2.01. The quantitative estimate of drug-likeness (QED) is 0.844. The molecule has 0 saturated carbocycles. The molecule has 0 spiro atoms. The van der Waals surface area contributed by atoms with Crippen molar-refractivity contribution < 1.29 is 5.11 Å². The fourth-order valence-electron chi connectivity index (χ4n) is 2.48. The molecule has 2 rings (SSSR count). The molecule has 3 heteroatoms. The van der Waals surface area contributed by atoms with Gasteiger partial charge in [0.15, 0.2) is 0 Å². The van der Waals surface area contributed by atoms with E-state index in [9.17, 15) is 5.11 Å². The normalized spacial score (nSPS) is 24.2. The highest BCUT2D eigenvalue weighted by atomic mass is 16.3. The van der Waals surface area contributed by atoms with Crippen molar-refractivity contribution in [2.75, 3.05) is 6.54 Å². The van der Waals surface area contributed by atoms with Crippen molar-refractivity contribution in [1.82, 2.24) is 9.88 Å². The van der Waals surface area contributed by atoms with Crippen molar-refractivity contribution in [3.05, 3.63) is 30.1 Å². The first-order valence-electron chi connectivity index (χ1n) is 6.08. The van der Waals surface area contributed by atoms with Crippen LogP contribution in [0.25, 0.3) is 0 Å². The van der Waals surface area contributed by atoms with E-state index >= 15 is 0 Å². The van der Waals surface area contributed by atoms with Crippen molar-refractivity contribution in [3.8, 4) is 0 Å². The van der Waals surface area contributed by atoms with E-state index in [0.29, 0.717) is 6.04 Å². The van der Waals surface area contributed by atoms with Gasteiger partial charge >= 0.3 is 0 Å². The van der Waals surface area contributed by atoms with Gasteiger partial charge < -0.3 is 5.11 Å². The number of aliphatic hydroxyl groups excluding tert-OH is 1. The summed E-state index contributed by atoms with van der Waals surface area (Å²) in [5.74, 6) is 0. The Labute approximate surface area is 97.1 Å². The number of piperidine rings is 1. The molecule has 0 aliphatic carbocycles. The number of pyridine rings is 1. The summed E-state index contributed by atoms with van der Waals surface area (Å²) in [6.07, 6.45) is 7.02. The Hall–Kier alpha value is -0.930. The second-order valence-electron chi connectivity index (χ2n) is 4.63. The van der Waals surface area contributed by atoms with Crippen LogP contribution < -0.4 is 0 Å². The topological polar surface area (TPSA) is 36.4 Å². The molecule has 1 aromatic heterocycles. The van der Waals surface area contributed by atoms with Gasteiger partial charge in [-0.2, -0.15) is 0 Å². The summed E-state index contributed by atoms with van der Waals surface area (Å²) in [6, 6.07) is 4.42. The van der Waals surface area contributed by atoms with Crippen LogP contribution >= 0.6 is 0 Å². The fourth-order valence-corrected chi connectivity index (χ4v) is 2.48. The molecule has 0 bridgehead atoms. The third-order valence-electron chi connectivity index (χ3n) is 3.36. The van der Waals surface area contributed by atoms with E-state index in [1.165, 1.54) is 18.4 Å². The van der Waals surface area contributed by atoms with Gasteiger partial charge in [-0.1, -0.05) is 6.42 Å². The molecular weight excluding hydrogens is 200 g/mol. The molecular formula is C13H20N2O. The van der Waals surface area contributed by atoms with Gasteiger partial charge in [0.2, 0.25) is 0 Å². The van der Waals surface area contributed by atoms with Gasteiger partial charge in [-0.15, -0.1) is 0 Å². The summed E-state index contributed by atoms with van der Waals surface area (Å²) in [7, 11) is 0. The number of nitrogens with zero attached hydrogens (tertiary/aromatic N) is 2. The summed E-state index contributed by atoms with van der Waals surface area (Å²) in [6.45, 7) is 3.92. The van der Waals surface area contributed by atoms with Crippen LogP contribution in [0.1, 0.15) is 31.7 Å². The SMILES string of the molecule is CC(O)C1CCCCN1Cc1ccncc1. The molecule has 0 radical (unpaired) electrons. The third kappa shape index (κ3) is 2.80. The summed E-state index contributed by atoms with van der Waals surface area (Å²) < 4.78 is 0. The number of rotatable bonds is 3. The molecule has 16 heavy (non-hydrogen) atoms. The standard InChI is InChI=1S/C13H20N2O/c1-11(16)13-4-2-3-9-15(13)10-12-5-7-14-8-6-12/h5-8,11,13,16H,2-4,9-10H2,1H3. The molecule has 1 N–H and O–H groups in total. The van der Waals surface area contributed by atoms with E-state index < -0.39 is 0 Å². The molecule has 1 aromatic rings. The predicted molar refractivity (Wildman–Crippen MR) is 64.0 cm³/mol. The molecule has 2 atom stereocenters. The Morgan fingerprint density at radius 1 is 1.44 bits per heavy atom. The number of aromatic nitrogens is 1. The first-order chi connectivity index (χ1) is 7.77. The summed E-state index contributed by atoms with van der Waals surface area (Å²) in [4.78, 5) is 6.42. The van der Waals surface area contributed by atoms with Crippen LogP contribution in [0.2, 0.25) is 0 Å². The highest BCUT2D eigenvalue weighted by Gasteiger charge is 2.25. The van der Waals surface area contributed by atoms with Gasteiger partial charge in [-0.25, -0.2) is 0 Å². The van der Waals surface area contributed by atoms with Crippen molar-refractivity contribution in [1.29, 1.82) is 0 Å². The largest absolute Gasteiger partial charge is 0.392 e. The first kappa shape index (κ1) is 11.6. The number of aliphatic hydroxyl groups is 1. The lowest BCUT2D eigenvalue weighted by Gasteiger charge is -2.37. The molecule has 1 fully saturated rings. The lowest BCUT2D eigenvalue weighted by atomic mass is 9.97. The Morgan fingerprint density at radius 2 is 2.19 bits per heavy atom. The number of hydrogen-bond donors (Lipinski definition) is 1. The summed E-state index contributed by atoms with van der Waals surface area (Å²) in [5, 5.41) is 9.77. The molecule has 1 aliphatic rings. The zero-order chi connectivity index (χ0) is 11.4. The van der Waals surface area contributed by atoms with Gasteiger partial charge in [0.05, 0.1) is 6.10 Å². The van der Waals surface area contributed by atoms with E-state index in [4.69, 9.17) is 0 Å². The molecule has 2 unspecified atom stereocenters. The molecule has 0 aromatic carbocycles. The van der Waals surface area contributed by atoms with Crippen molar-refractivity contribution in [2.24, 2.45) is 0 Å². The van der Waals surface area contributed by atoms with Gasteiger partial charge in [-0.3, -0.25) is 9.88 Å². The molecule has 1 aliphatic heterocycles. The van der Waals surface area contributed by atoms with E-state index in [1.54, 1.807) is 0 Å². The van der Waals surface area contributed by atoms with Crippen LogP contribution in [0, 0.1) is 0 Å². The Morgan fingerprint density at radius 3 is 2.88 bits per heavy atom.